The lowest BCUT2D eigenvalue weighted by molar-refractivity contribution is -0.121. The molecule has 4 rings (SSSR count). The third kappa shape index (κ3) is 4.15. The highest BCUT2D eigenvalue weighted by Gasteiger charge is 2.14. The van der Waals surface area contributed by atoms with E-state index < -0.39 is 0 Å². The second kappa shape index (κ2) is 8.40. The molecule has 0 aliphatic rings. The van der Waals surface area contributed by atoms with Gasteiger partial charge in [0.25, 0.3) is 0 Å². The summed E-state index contributed by atoms with van der Waals surface area (Å²) in [6.45, 7) is 0.851. The zero-order chi connectivity index (χ0) is 19.3. The fourth-order valence-corrected chi connectivity index (χ4v) is 4.16. The van der Waals surface area contributed by atoms with Gasteiger partial charge in [0.1, 0.15) is 12.4 Å². The third-order valence-electron chi connectivity index (χ3n) is 4.75. The molecule has 0 aliphatic carbocycles. The van der Waals surface area contributed by atoms with Crippen molar-refractivity contribution in [2.75, 3.05) is 6.54 Å². The van der Waals surface area contributed by atoms with Crippen LogP contribution in [0.5, 0.6) is 0 Å². The van der Waals surface area contributed by atoms with E-state index in [1.165, 1.54) is 17.7 Å². The van der Waals surface area contributed by atoms with E-state index in [1.807, 2.05) is 46.3 Å². The average Bonchev–Trinajstić information content (AvgIpc) is 3.34. The monoisotopic (exact) mass is 392 g/mol. The molecule has 1 amide bonds. The Morgan fingerprint density at radius 3 is 2.68 bits per heavy atom. The van der Waals surface area contributed by atoms with Gasteiger partial charge in [0.15, 0.2) is 0 Å². The first-order valence-corrected chi connectivity index (χ1v) is 10.2. The molecular formula is C23H21FN2OS. The molecule has 28 heavy (non-hydrogen) atoms. The first-order chi connectivity index (χ1) is 13.7. The van der Waals surface area contributed by atoms with E-state index in [-0.39, 0.29) is 18.3 Å². The van der Waals surface area contributed by atoms with E-state index in [0.29, 0.717) is 6.54 Å². The minimum absolute atomic E-state index is 0.0345. The number of amides is 1. The molecule has 4 aromatic rings. The predicted octanol–water partition coefficient (Wildman–Crippen LogP) is 5.26. The fraction of sp³-hybridized carbons (Fsp3) is 0.174. The standard InChI is InChI=1S/C23H21FN2OS/c24-19-10-11-20-18(14-19)15-21(22-9-5-13-28-22)26(20)16-23(27)25-12-4-8-17-6-2-1-3-7-17/h1-3,5-7,9-11,13-15H,4,8,12,16H2,(H,25,27). The van der Waals surface area contributed by atoms with Gasteiger partial charge in [-0.2, -0.15) is 0 Å². The third-order valence-corrected chi connectivity index (χ3v) is 5.64. The van der Waals surface area contributed by atoms with Gasteiger partial charge >= 0.3 is 0 Å². The maximum Gasteiger partial charge on any atom is 0.239 e. The topological polar surface area (TPSA) is 34.0 Å². The van der Waals surface area contributed by atoms with Crippen molar-refractivity contribution < 1.29 is 9.18 Å². The number of nitrogens with one attached hydrogen (secondary N) is 1. The van der Waals surface area contributed by atoms with Crippen LogP contribution in [0.15, 0.2) is 72.1 Å². The van der Waals surface area contributed by atoms with Crippen molar-refractivity contribution in [2.24, 2.45) is 0 Å². The van der Waals surface area contributed by atoms with Gasteiger partial charge in [0.05, 0.1) is 10.6 Å². The van der Waals surface area contributed by atoms with Crippen LogP contribution in [-0.2, 0) is 17.8 Å². The number of hydrogen-bond acceptors (Lipinski definition) is 2. The second-order valence-electron chi connectivity index (χ2n) is 6.74. The molecule has 0 saturated heterocycles. The number of fused-ring (bicyclic) bond motifs is 1. The average molecular weight is 392 g/mol. The van der Waals surface area contributed by atoms with Gasteiger partial charge in [0.2, 0.25) is 5.91 Å². The molecule has 0 atom stereocenters. The molecule has 0 fully saturated rings. The van der Waals surface area contributed by atoms with Crippen LogP contribution in [0, 0.1) is 5.82 Å². The van der Waals surface area contributed by atoms with E-state index in [4.69, 9.17) is 0 Å². The van der Waals surface area contributed by atoms with Gasteiger partial charge in [-0.1, -0.05) is 36.4 Å². The highest BCUT2D eigenvalue weighted by molar-refractivity contribution is 7.13. The molecule has 0 aliphatic heterocycles. The van der Waals surface area contributed by atoms with Gasteiger partial charge in [0, 0.05) is 17.4 Å². The van der Waals surface area contributed by atoms with Crippen LogP contribution in [0.2, 0.25) is 0 Å². The second-order valence-corrected chi connectivity index (χ2v) is 7.68. The summed E-state index contributed by atoms with van der Waals surface area (Å²) < 4.78 is 15.6. The summed E-state index contributed by atoms with van der Waals surface area (Å²) >= 11 is 1.61. The maximum atomic E-state index is 13.6. The molecule has 3 nitrogen and oxygen atoms in total. The summed E-state index contributed by atoms with van der Waals surface area (Å²) in [6.07, 6.45) is 1.83. The number of aromatic nitrogens is 1. The fourth-order valence-electron chi connectivity index (χ4n) is 3.41. The molecule has 0 unspecified atom stereocenters. The van der Waals surface area contributed by atoms with E-state index in [1.54, 1.807) is 17.4 Å². The summed E-state index contributed by atoms with van der Waals surface area (Å²) in [6, 6.07) is 20.9. The van der Waals surface area contributed by atoms with Gasteiger partial charge < -0.3 is 9.88 Å². The quantitative estimate of drug-likeness (QED) is 0.428. The van der Waals surface area contributed by atoms with Crippen molar-refractivity contribution in [1.82, 2.24) is 9.88 Å². The van der Waals surface area contributed by atoms with Crippen LogP contribution in [0.3, 0.4) is 0 Å². The Morgan fingerprint density at radius 1 is 1.04 bits per heavy atom. The van der Waals surface area contributed by atoms with Gasteiger partial charge in [-0.05, 0) is 54.1 Å². The number of hydrogen-bond donors (Lipinski definition) is 1. The van der Waals surface area contributed by atoms with E-state index in [2.05, 4.69) is 17.4 Å². The highest BCUT2D eigenvalue weighted by atomic mass is 32.1. The van der Waals surface area contributed by atoms with E-state index in [9.17, 15) is 9.18 Å². The Balaban J connectivity index is 1.46. The van der Waals surface area contributed by atoms with Crippen molar-refractivity contribution in [3.8, 4) is 10.6 Å². The minimum atomic E-state index is -0.271. The van der Waals surface area contributed by atoms with Gasteiger partial charge in [-0.25, -0.2) is 4.39 Å². The van der Waals surface area contributed by atoms with Crippen LogP contribution in [0.1, 0.15) is 12.0 Å². The smallest absolute Gasteiger partial charge is 0.239 e. The van der Waals surface area contributed by atoms with Crippen molar-refractivity contribution in [3.63, 3.8) is 0 Å². The zero-order valence-electron chi connectivity index (χ0n) is 15.4. The predicted molar refractivity (Wildman–Crippen MR) is 113 cm³/mol. The minimum Gasteiger partial charge on any atom is -0.355 e. The van der Waals surface area contributed by atoms with Crippen LogP contribution in [0.25, 0.3) is 21.5 Å². The molecule has 0 saturated carbocycles. The molecule has 2 heterocycles. The number of aryl methyl sites for hydroxylation is 1. The molecule has 142 valence electrons. The number of nitrogens with zero attached hydrogens (tertiary/aromatic N) is 1. The summed E-state index contributed by atoms with van der Waals surface area (Å²) in [7, 11) is 0. The van der Waals surface area contributed by atoms with Gasteiger partial charge in [-0.15, -0.1) is 11.3 Å². The molecule has 5 heteroatoms. The van der Waals surface area contributed by atoms with Crippen molar-refractivity contribution in [2.45, 2.75) is 19.4 Å². The lowest BCUT2D eigenvalue weighted by Gasteiger charge is -2.11. The first kappa shape index (κ1) is 18.4. The van der Waals surface area contributed by atoms with E-state index in [0.717, 1.165) is 34.3 Å². The van der Waals surface area contributed by atoms with Crippen molar-refractivity contribution in [3.05, 3.63) is 83.5 Å². The molecule has 0 spiro atoms. The molecule has 0 radical (unpaired) electrons. The summed E-state index contributed by atoms with van der Waals surface area (Å²) in [5, 5.41) is 5.82. The summed E-state index contributed by atoms with van der Waals surface area (Å²) in [5.74, 6) is -0.305. The highest BCUT2D eigenvalue weighted by Crippen LogP contribution is 2.31. The number of carbonyl (C=O) groups excluding carboxylic acids is 1. The number of thiophene rings is 1. The van der Waals surface area contributed by atoms with Gasteiger partial charge in [-0.3, -0.25) is 4.79 Å². The van der Waals surface area contributed by atoms with Crippen LogP contribution < -0.4 is 5.32 Å². The van der Waals surface area contributed by atoms with Crippen molar-refractivity contribution in [1.29, 1.82) is 0 Å². The van der Waals surface area contributed by atoms with Crippen LogP contribution in [-0.4, -0.2) is 17.0 Å². The van der Waals surface area contributed by atoms with E-state index >= 15 is 0 Å². The normalized spacial score (nSPS) is 11.0. The largest absolute Gasteiger partial charge is 0.355 e. The number of benzene rings is 2. The SMILES string of the molecule is O=C(Cn1c(-c2cccs2)cc2cc(F)ccc21)NCCCc1ccccc1. The van der Waals surface area contributed by atoms with Crippen molar-refractivity contribution >= 4 is 28.1 Å². The Morgan fingerprint density at radius 2 is 1.89 bits per heavy atom. The number of carbonyl (C=O) groups is 1. The molecule has 1 N–H and O–H groups in total. The lowest BCUT2D eigenvalue weighted by Crippen LogP contribution is -2.28. The van der Waals surface area contributed by atoms with Crippen LogP contribution >= 0.6 is 11.3 Å². The first-order valence-electron chi connectivity index (χ1n) is 9.34. The maximum absolute atomic E-state index is 13.6. The number of rotatable bonds is 7. The molecule has 2 aromatic heterocycles. The van der Waals surface area contributed by atoms with Crippen LogP contribution in [0.4, 0.5) is 4.39 Å². The molecule has 0 bridgehead atoms. The summed E-state index contributed by atoms with van der Waals surface area (Å²) in [4.78, 5) is 13.6. The molecular weight excluding hydrogens is 371 g/mol. The molecule has 2 aromatic carbocycles. The Bertz CT molecular complexity index is 1070. The number of halogens is 1. The lowest BCUT2D eigenvalue weighted by atomic mass is 10.1. The Labute approximate surface area is 167 Å². The Hall–Kier alpha value is -2.92. The summed E-state index contributed by atoms with van der Waals surface area (Å²) in [5.41, 5.74) is 3.08. The zero-order valence-corrected chi connectivity index (χ0v) is 16.2. The Kier molecular flexibility index (Phi) is 5.53.